The molecule has 0 saturated heterocycles. The maximum absolute atomic E-state index is 11.1. The van der Waals surface area contributed by atoms with Crippen molar-refractivity contribution in [3.63, 3.8) is 0 Å². The number of carbonyl (C=O) groups excluding carboxylic acids is 1. The zero-order chi connectivity index (χ0) is 12.3. The largest absolute Gasteiger partial charge is 0.396 e. The number of primary amides is 1. The molecule has 1 aromatic carbocycles. The molecule has 0 fully saturated rings. The molecule has 1 rings (SSSR count). The Hall–Kier alpha value is -1.71. The topological polar surface area (TPSA) is 81.1 Å². The van der Waals surface area contributed by atoms with Crippen molar-refractivity contribution in [1.82, 2.24) is 0 Å². The molecule has 0 aliphatic heterocycles. The van der Waals surface area contributed by atoms with E-state index >= 15 is 0 Å². The van der Waals surface area contributed by atoms with Gasteiger partial charge >= 0.3 is 0 Å². The summed E-state index contributed by atoms with van der Waals surface area (Å²) in [4.78, 5) is 11.1. The van der Waals surface area contributed by atoms with E-state index in [0.717, 1.165) is 12.2 Å². The van der Waals surface area contributed by atoms with Gasteiger partial charge in [0.2, 0.25) is 0 Å². The lowest BCUT2D eigenvalue weighted by atomic mass is 9.97. The summed E-state index contributed by atoms with van der Waals surface area (Å²) in [5.41, 5.74) is 12.7. The zero-order valence-corrected chi connectivity index (χ0v) is 10.0. The highest BCUT2D eigenvalue weighted by atomic mass is 16.1. The van der Waals surface area contributed by atoms with Crippen LogP contribution in [0.15, 0.2) is 18.2 Å². The molecule has 88 valence electrons. The Kier molecular flexibility index (Phi) is 3.42. The first kappa shape index (κ1) is 12.4. The van der Waals surface area contributed by atoms with Gasteiger partial charge in [-0.1, -0.05) is 26.8 Å². The third-order valence-corrected chi connectivity index (χ3v) is 2.18. The van der Waals surface area contributed by atoms with Gasteiger partial charge in [-0.25, -0.2) is 0 Å². The van der Waals surface area contributed by atoms with Gasteiger partial charge in [0.1, 0.15) is 0 Å². The van der Waals surface area contributed by atoms with Gasteiger partial charge in [-0.3, -0.25) is 4.79 Å². The number of nitrogens with two attached hydrogens (primary N) is 2. The molecule has 0 radical (unpaired) electrons. The molecule has 4 nitrogen and oxygen atoms in total. The van der Waals surface area contributed by atoms with Crippen molar-refractivity contribution in [1.29, 1.82) is 0 Å². The summed E-state index contributed by atoms with van der Waals surface area (Å²) in [6.07, 6.45) is 0. The molecule has 0 atom stereocenters. The Morgan fingerprint density at radius 1 is 1.38 bits per heavy atom. The summed E-state index contributed by atoms with van der Waals surface area (Å²) in [5, 5.41) is 3.22. The fourth-order valence-corrected chi connectivity index (χ4v) is 1.29. The molecular formula is C12H19N3O. The van der Waals surface area contributed by atoms with Crippen molar-refractivity contribution >= 4 is 17.3 Å². The van der Waals surface area contributed by atoms with Crippen LogP contribution in [0.4, 0.5) is 11.4 Å². The number of nitrogens with one attached hydrogen (secondary N) is 1. The van der Waals surface area contributed by atoms with Gasteiger partial charge < -0.3 is 16.8 Å². The quantitative estimate of drug-likeness (QED) is 0.681. The first-order valence-electron chi connectivity index (χ1n) is 5.23. The van der Waals surface area contributed by atoms with E-state index in [4.69, 9.17) is 11.5 Å². The number of rotatable bonds is 3. The Labute approximate surface area is 96.0 Å². The fourth-order valence-electron chi connectivity index (χ4n) is 1.29. The van der Waals surface area contributed by atoms with Gasteiger partial charge in [0.25, 0.3) is 5.91 Å². The zero-order valence-electron chi connectivity index (χ0n) is 10.0. The van der Waals surface area contributed by atoms with Crippen LogP contribution in [0.3, 0.4) is 0 Å². The molecule has 16 heavy (non-hydrogen) atoms. The number of para-hydroxylation sites is 1. The smallest absolute Gasteiger partial charge is 0.250 e. The Bertz CT molecular complexity index is 394. The maximum Gasteiger partial charge on any atom is 0.250 e. The van der Waals surface area contributed by atoms with Gasteiger partial charge in [-0.2, -0.15) is 0 Å². The van der Waals surface area contributed by atoms with E-state index in [-0.39, 0.29) is 5.41 Å². The van der Waals surface area contributed by atoms with Crippen molar-refractivity contribution in [3.05, 3.63) is 23.8 Å². The molecule has 1 aromatic rings. The number of carbonyl (C=O) groups is 1. The van der Waals surface area contributed by atoms with Crippen molar-refractivity contribution in [2.24, 2.45) is 11.1 Å². The van der Waals surface area contributed by atoms with E-state index in [0.29, 0.717) is 11.3 Å². The minimum absolute atomic E-state index is 0.148. The standard InChI is InChI=1S/C12H19N3O/c1-12(2,3)7-15-9-6-4-5-8(10(9)13)11(14)16/h4-6,15H,7,13H2,1-3H3,(H2,14,16). The Morgan fingerprint density at radius 3 is 2.50 bits per heavy atom. The van der Waals surface area contributed by atoms with Crippen LogP contribution < -0.4 is 16.8 Å². The number of hydrogen-bond donors (Lipinski definition) is 3. The van der Waals surface area contributed by atoms with Crippen LogP contribution in [0.25, 0.3) is 0 Å². The SMILES string of the molecule is CC(C)(C)CNc1cccc(C(N)=O)c1N. The predicted octanol–water partition coefficient (Wildman–Crippen LogP) is 1.83. The predicted molar refractivity (Wildman–Crippen MR) is 67.3 cm³/mol. The number of amides is 1. The molecule has 0 unspecified atom stereocenters. The average molecular weight is 221 g/mol. The molecule has 0 aromatic heterocycles. The van der Waals surface area contributed by atoms with Crippen LogP contribution >= 0.6 is 0 Å². The van der Waals surface area contributed by atoms with Gasteiger partial charge in [-0.15, -0.1) is 0 Å². The van der Waals surface area contributed by atoms with E-state index in [1.165, 1.54) is 0 Å². The molecule has 0 saturated carbocycles. The molecule has 0 aliphatic rings. The molecule has 1 amide bonds. The lowest BCUT2D eigenvalue weighted by Gasteiger charge is -2.20. The minimum Gasteiger partial charge on any atom is -0.396 e. The van der Waals surface area contributed by atoms with Crippen LogP contribution in [-0.4, -0.2) is 12.5 Å². The second kappa shape index (κ2) is 4.43. The van der Waals surface area contributed by atoms with Crippen LogP contribution in [0, 0.1) is 5.41 Å². The van der Waals surface area contributed by atoms with E-state index in [9.17, 15) is 4.79 Å². The average Bonchev–Trinajstić information content (AvgIpc) is 2.14. The maximum atomic E-state index is 11.1. The second-order valence-electron chi connectivity index (χ2n) is 5.05. The van der Waals surface area contributed by atoms with Crippen LogP contribution in [-0.2, 0) is 0 Å². The molecule has 5 N–H and O–H groups in total. The van der Waals surface area contributed by atoms with E-state index in [1.807, 2.05) is 6.07 Å². The van der Waals surface area contributed by atoms with Crippen LogP contribution in [0.2, 0.25) is 0 Å². The highest BCUT2D eigenvalue weighted by Crippen LogP contribution is 2.24. The van der Waals surface area contributed by atoms with Crippen molar-refractivity contribution in [2.75, 3.05) is 17.6 Å². The Balaban J connectivity index is 2.90. The molecule has 0 heterocycles. The molecule has 4 heteroatoms. The lowest BCUT2D eigenvalue weighted by molar-refractivity contribution is 0.100. The summed E-state index contributed by atoms with van der Waals surface area (Å²) in [5.74, 6) is -0.503. The monoisotopic (exact) mass is 221 g/mol. The summed E-state index contributed by atoms with van der Waals surface area (Å²) in [6, 6.07) is 5.23. The van der Waals surface area contributed by atoms with Gasteiger partial charge in [-0.05, 0) is 17.5 Å². The molecule has 0 bridgehead atoms. The van der Waals surface area contributed by atoms with Gasteiger partial charge in [0.05, 0.1) is 16.9 Å². The fraction of sp³-hybridized carbons (Fsp3) is 0.417. The summed E-state index contributed by atoms with van der Waals surface area (Å²) < 4.78 is 0. The number of anilines is 2. The third-order valence-electron chi connectivity index (χ3n) is 2.18. The molecular weight excluding hydrogens is 202 g/mol. The third kappa shape index (κ3) is 3.15. The first-order chi connectivity index (χ1) is 7.31. The molecule has 0 spiro atoms. The number of benzene rings is 1. The van der Waals surface area contributed by atoms with Gasteiger partial charge in [0.15, 0.2) is 0 Å². The van der Waals surface area contributed by atoms with E-state index < -0.39 is 5.91 Å². The molecule has 0 aliphatic carbocycles. The minimum atomic E-state index is -0.503. The van der Waals surface area contributed by atoms with Crippen LogP contribution in [0.5, 0.6) is 0 Å². The summed E-state index contributed by atoms with van der Waals surface area (Å²) in [6.45, 7) is 7.13. The Morgan fingerprint density at radius 2 is 2.00 bits per heavy atom. The highest BCUT2D eigenvalue weighted by Gasteiger charge is 2.13. The number of nitrogen functional groups attached to an aromatic ring is 1. The number of hydrogen-bond acceptors (Lipinski definition) is 3. The van der Waals surface area contributed by atoms with E-state index in [1.54, 1.807) is 12.1 Å². The normalized spacial score (nSPS) is 11.2. The van der Waals surface area contributed by atoms with Crippen molar-refractivity contribution in [3.8, 4) is 0 Å². The van der Waals surface area contributed by atoms with Crippen LogP contribution in [0.1, 0.15) is 31.1 Å². The summed E-state index contributed by atoms with van der Waals surface area (Å²) >= 11 is 0. The van der Waals surface area contributed by atoms with Crippen molar-refractivity contribution < 1.29 is 4.79 Å². The lowest BCUT2D eigenvalue weighted by Crippen LogP contribution is -2.21. The van der Waals surface area contributed by atoms with E-state index in [2.05, 4.69) is 26.1 Å². The highest BCUT2D eigenvalue weighted by molar-refractivity contribution is 6.00. The summed E-state index contributed by atoms with van der Waals surface area (Å²) in [7, 11) is 0. The van der Waals surface area contributed by atoms with Gasteiger partial charge in [0, 0.05) is 6.54 Å². The second-order valence-corrected chi connectivity index (χ2v) is 5.05. The first-order valence-corrected chi connectivity index (χ1v) is 5.23. The van der Waals surface area contributed by atoms with Crippen molar-refractivity contribution in [2.45, 2.75) is 20.8 Å².